The summed E-state index contributed by atoms with van der Waals surface area (Å²) in [5.74, 6) is 0.837. The van der Waals surface area contributed by atoms with Crippen LogP contribution in [0, 0.1) is 6.07 Å². The molecule has 1 nitrogen and oxygen atoms in total. The zero-order valence-corrected chi connectivity index (χ0v) is 15.8. The third-order valence-corrected chi connectivity index (χ3v) is 3.43. The van der Waals surface area contributed by atoms with Crippen LogP contribution >= 0.6 is 0 Å². The Morgan fingerprint density at radius 1 is 1.21 bits per heavy atom. The number of benzene rings is 1. The number of halogens is 1. The summed E-state index contributed by atoms with van der Waals surface area (Å²) in [6.07, 6.45) is 6.54. The average molecular weight is 338 g/mol. The maximum atomic E-state index is 5.24. The minimum atomic E-state index is 0. The molecule has 19 heavy (non-hydrogen) atoms. The maximum absolute atomic E-state index is 5.24. The zero-order valence-electron chi connectivity index (χ0n) is 12.8. The Labute approximate surface area is 145 Å². The van der Waals surface area contributed by atoms with Crippen LogP contribution in [-0.4, -0.2) is 30.2 Å². The van der Waals surface area contributed by atoms with Gasteiger partial charge < -0.3 is 21.7 Å². The molecule has 1 aromatic carbocycles. The van der Waals surface area contributed by atoms with E-state index >= 15 is 0 Å². The van der Waals surface area contributed by atoms with E-state index in [1.165, 1.54) is 37.7 Å². The molecule has 0 atom stereocenters. The molecule has 0 radical (unpaired) electrons. The van der Waals surface area contributed by atoms with Gasteiger partial charge in [-0.05, 0) is 11.8 Å². The Bertz CT molecular complexity index is 339. The van der Waals surface area contributed by atoms with Crippen molar-refractivity contribution in [1.29, 1.82) is 0 Å². The molecule has 0 fully saturated rings. The molecular formula is C16H25BrMgO. The summed E-state index contributed by atoms with van der Waals surface area (Å²) < 4.78 is 5.24. The van der Waals surface area contributed by atoms with Crippen LogP contribution in [0.15, 0.2) is 18.2 Å². The largest absolute Gasteiger partial charge is 2.00 e. The number of unbranched alkanes of at least 4 members (excludes halogenated alkanes) is 3. The van der Waals surface area contributed by atoms with Crippen LogP contribution in [0.5, 0.6) is 5.75 Å². The van der Waals surface area contributed by atoms with Gasteiger partial charge in [-0.3, -0.25) is 0 Å². The zero-order chi connectivity index (χ0) is 12.7. The molecule has 0 bridgehead atoms. The molecule has 0 heterocycles. The Morgan fingerprint density at radius 3 is 2.47 bits per heavy atom. The molecular weight excluding hydrogens is 312 g/mol. The predicted molar refractivity (Wildman–Crippen MR) is 79.4 cm³/mol. The van der Waals surface area contributed by atoms with Crippen LogP contribution in [0.4, 0.5) is 0 Å². The molecule has 1 aromatic rings. The number of methoxy groups -OCH3 is 1. The maximum Gasteiger partial charge on any atom is 2.00 e. The van der Waals surface area contributed by atoms with Crippen molar-refractivity contribution >= 4 is 23.1 Å². The fourth-order valence-electron chi connectivity index (χ4n) is 2.12. The van der Waals surface area contributed by atoms with E-state index in [0.717, 1.165) is 5.75 Å². The first-order valence-electron chi connectivity index (χ1n) is 6.66. The van der Waals surface area contributed by atoms with Gasteiger partial charge in [-0.15, -0.1) is 17.7 Å². The summed E-state index contributed by atoms with van der Waals surface area (Å²) in [5.41, 5.74) is 1.58. The Balaban J connectivity index is 0. The second kappa shape index (κ2) is 11.0. The SMILES string of the molecule is CCCCCCC(C)(C)c1cc[c-]c(OC)c1.[Br-].[Mg+2]. The summed E-state index contributed by atoms with van der Waals surface area (Å²) in [7, 11) is 1.70. The van der Waals surface area contributed by atoms with Crippen LogP contribution in [-0.2, 0) is 5.41 Å². The molecule has 0 saturated carbocycles. The van der Waals surface area contributed by atoms with E-state index in [1.54, 1.807) is 7.11 Å². The first kappa shape index (κ1) is 21.6. The van der Waals surface area contributed by atoms with Crippen molar-refractivity contribution in [1.82, 2.24) is 0 Å². The fraction of sp³-hybridized carbons (Fsp3) is 0.625. The predicted octanol–water partition coefficient (Wildman–Crippen LogP) is 1.37. The third kappa shape index (κ3) is 7.57. The Hall–Kier alpha value is 0.266. The number of hydrogen-bond donors (Lipinski definition) is 0. The molecule has 1 rings (SSSR count). The molecule has 0 aliphatic heterocycles. The minimum Gasteiger partial charge on any atom is -1.00 e. The average Bonchev–Trinajstić information content (AvgIpc) is 2.35. The van der Waals surface area contributed by atoms with Gasteiger partial charge in [0.2, 0.25) is 0 Å². The minimum absolute atomic E-state index is 0. The van der Waals surface area contributed by atoms with E-state index < -0.39 is 0 Å². The molecule has 104 valence electrons. The van der Waals surface area contributed by atoms with E-state index in [2.05, 4.69) is 39.0 Å². The number of ether oxygens (including phenoxy) is 1. The van der Waals surface area contributed by atoms with E-state index in [4.69, 9.17) is 4.74 Å². The summed E-state index contributed by atoms with van der Waals surface area (Å²) in [6.45, 7) is 6.88. The van der Waals surface area contributed by atoms with Crippen molar-refractivity contribution in [2.45, 2.75) is 58.3 Å². The van der Waals surface area contributed by atoms with Gasteiger partial charge in [0.1, 0.15) is 0 Å². The van der Waals surface area contributed by atoms with Gasteiger partial charge in [0.25, 0.3) is 0 Å². The van der Waals surface area contributed by atoms with Crippen molar-refractivity contribution in [2.75, 3.05) is 7.11 Å². The normalized spacial score (nSPS) is 10.3. The van der Waals surface area contributed by atoms with Gasteiger partial charge in [0, 0.05) is 5.75 Å². The van der Waals surface area contributed by atoms with E-state index in [-0.39, 0.29) is 45.4 Å². The third-order valence-electron chi connectivity index (χ3n) is 3.43. The Kier molecular flexibility index (Phi) is 12.5. The summed E-state index contributed by atoms with van der Waals surface area (Å²) in [6, 6.07) is 9.31. The molecule has 0 amide bonds. The molecule has 0 unspecified atom stereocenters. The van der Waals surface area contributed by atoms with Crippen LogP contribution < -0.4 is 21.7 Å². The smallest absolute Gasteiger partial charge is 1.00 e. The second-order valence-corrected chi connectivity index (χ2v) is 5.34. The van der Waals surface area contributed by atoms with E-state index in [9.17, 15) is 0 Å². The van der Waals surface area contributed by atoms with Crippen molar-refractivity contribution in [3.63, 3.8) is 0 Å². The first-order valence-corrected chi connectivity index (χ1v) is 6.66. The molecule has 0 saturated heterocycles. The van der Waals surface area contributed by atoms with Gasteiger partial charge >= 0.3 is 23.1 Å². The van der Waals surface area contributed by atoms with Crippen molar-refractivity contribution in [2.24, 2.45) is 0 Å². The van der Waals surface area contributed by atoms with E-state index in [0.29, 0.717) is 0 Å². The van der Waals surface area contributed by atoms with Crippen molar-refractivity contribution in [3.05, 3.63) is 29.8 Å². The standard InChI is InChI=1S/C16H25O.BrH.Mg/c1-5-6-7-8-12-16(2,3)14-10-9-11-15(13-14)17-4;;/h9-10,13H,5-8,12H2,1-4H3;1H;/q-1;;+2/p-1. The Morgan fingerprint density at radius 2 is 1.89 bits per heavy atom. The van der Waals surface area contributed by atoms with Crippen LogP contribution in [0.2, 0.25) is 0 Å². The van der Waals surface area contributed by atoms with Crippen molar-refractivity contribution in [3.8, 4) is 5.75 Å². The first-order chi connectivity index (χ1) is 8.10. The summed E-state index contributed by atoms with van der Waals surface area (Å²) in [4.78, 5) is 0. The van der Waals surface area contributed by atoms with Crippen LogP contribution in [0.3, 0.4) is 0 Å². The quantitative estimate of drug-likeness (QED) is 0.415. The number of rotatable bonds is 7. The van der Waals surface area contributed by atoms with Gasteiger partial charge in [0.15, 0.2) is 0 Å². The van der Waals surface area contributed by atoms with Crippen LogP contribution in [0.25, 0.3) is 0 Å². The fourth-order valence-corrected chi connectivity index (χ4v) is 2.12. The summed E-state index contributed by atoms with van der Waals surface area (Å²) >= 11 is 0. The monoisotopic (exact) mass is 336 g/mol. The molecule has 0 N–H and O–H groups in total. The van der Waals surface area contributed by atoms with E-state index in [1.807, 2.05) is 6.07 Å². The van der Waals surface area contributed by atoms with Gasteiger partial charge in [-0.2, -0.15) is 12.1 Å². The topological polar surface area (TPSA) is 9.23 Å². The molecule has 0 aliphatic rings. The molecule has 0 aliphatic carbocycles. The van der Waals surface area contributed by atoms with Gasteiger partial charge in [0.05, 0.1) is 7.11 Å². The molecule has 0 spiro atoms. The van der Waals surface area contributed by atoms with Crippen LogP contribution in [0.1, 0.15) is 58.4 Å². The second-order valence-electron chi connectivity index (χ2n) is 5.34. The number of hydrogen-bond acceptors (Lipinski definition) is 1. The van der Waals surface area contributed by atoms with Crippen molar-refractivity contribution < 1.29 is 21.7 Å². The molecule has 3 heteroatoms. The molecule has 0 aromatic heterocycles. The van der Waals surface area contributed by atoms with Gasteiger partial charge in [-0.25, -0.2) is 0 Å². The van der Waals surface area contributed by atoms with Gasteiger partial charge in [-0.1, -0.05) is 46.5 Å². The summed E-state index contributed by atoms with van der Waals surface area (Å²) in [5, 5.41) is 0.